The molecule has 1 heterocycles. The number of amides is 1. The lowest BCUT2D eigenvalue weighted by Crippen LogP contribution is -2.46. The van der Waals surface area contributed by atoms with Crippen LogP contribution in [-0.2, 0) is 0 Å². The van der Waals surface area contributed by atoms with E-state index in [1.807, 2.05) is 36.9 Å². The molecule has 1 amide bonds. The molecule has 0 saturated carbocycles. The molecule has 1 saturated heterocycles. The Bertz CT molecular complexity index is 450. The maximum absolute atomic E-state index is 12.7. The van der Waals surface area contributed by atoms with Crippen molar-refractivity contribution in [3.8, 4) is 0 Å². The summed E-state index contributed by atoms with van der Waals surface area (Å²) in [6, 6.07) is 5.95. The predicted molar refractivity (Wildman–Crippen MR) is 76.2 cm³/mol. The third-order valence-electron chi connectivity index (χ3n) is 4.20. The maximum Gasteiger partial charge on any atom is 0.254 e. The molecule has 2 atom stereocenters. The van der Waals surface area contributed by atoms with Crippen LogP contribution in [0, 0.1) is 19.8 Å². The van der Waals surface area contributed by atoms with Gasteiger partial charge in [-0.2, -0.15) is 0 Å². The van der Waals surface area contributed by atoms with Crippen LogP contribution in [-0.4, -0.2) is 35.1 Å². The second kappa shape index (κ2) is 5.74. The van der Waals surface area contributed by atoms with Gasteiger partial charge in [-0.1, -0.05) is 25.1 Å². The van der Waals surface area contributed by atoms with Crippen molar-refractivity contribution in [1.29, 1.82) is 0 Å². The molecule has 1 aromatic rings. The van der Waals surface area contributed by atoms with Crippen LogP contribution < -0.4 is 0 Å². The van der Waals surface area contributed by atoms with Gasteiger partial charge in [0.15, 0.2) is 0 Å². The number of nitrogens with zero attached hydrogens (tertiary/aromatic N) is 1. The minimum Gasteiger partial charge on any atom is -0.393 e. The Kier molecular flexibility index (Phi) is 4.25. The van der Waals surface area contributed by atoms with Gasteiger partial charge in [0.2, 0.25) is 0 Å². The zero-order chi connectivity index (χ0) is 14.0. The molecule has 2 unspecified atom stereocenters. The smallest absolute Gasteiger partial charge is 0.254 e. The summed E-state index contributed by atoms with van der Waals surface area (Å²) in [5, 5.41) is 9.91. The number of aryl methyl sites for hydroxylation is 2. The highest BCUT2D eigenvalue weighted by Gasteiger charge is 2.30. The van der Waals surface area contributed by atoms with Crippen LogP contribution in [0.3, 0.4) is 0 Å². The number of likely N-dealkylation sites (tertiary alicyclic amines) is 1. The fourth-order valence-corrected chi connectivity index (χ4v) is 2.92. The Labute approximate surface area is 115 Å². The van der Waals surface area contributed by atoms with Crippen LogP contribution in [0.2, 0.25) is 0 Å². The molecule has 1 aromatic carbocycles. The molecule has 1 fully saturated rings. The summed E-state index contributed by atoms with van der Waals surface area (Å²) in [7, 11) is 0. The van der Waals surface area contributed by atoms with Crippen molar-refractivity contribution in [2.45, 2.75) is 39.7 Å². The van der Waals surface area contributed by atoms with E-state index >= 15 is 0 Å². The predicted octanol–water partition coefficient (Wildman–Crippen LogP) is 2.54. The molecule has 0 aromatic heterocycles. The summed E-state index contributed by atoms with van der Waals surface area (Å²) in [5.41, 5.74) is 2.89. The van der Waals surface area contributed by atoms with Gasteiger partial charge in [-0.15, -0.1) is 0 Å². The van der Waals surface area contributed by atoms with E-state index in [0.29, 0.717) is 19.5 Å². The Balaban J connectivity index is 2.20. The van der Waals surface area contributed by atoms with Crippen molar-refractivity contribution in [1.82, 2.24) is 4.90 Å². The monoisotopic (exact) mass is 261 g/mol. The Hall–Kier alpha value is -1.35. The molecular weight excluding hydrogens is 238 g/mol. The van der Waals surface area contributed by atoms with E-state index in [1.54, 1.807) is 0 Å². The van der Waals surface area contributed by atoms with E-state index in [-0.39, 0.29) is 17.9 Å². The topological polar surface area (TPSA) is 40.5 Å². The molecule has 0 spiro atoms. The van der Waals surface area contributed by atoms with Crippen LogP contribution in [0.4, 0.5) is 0 Å². The number of carbonyl (C=O) groups excluding carboxylic acids is 1. The first-order valence-corrected chi connectivity index (χ1v) is 7.08. The third-order valence-corrected chi connectivity index (χ3v) is 4.20. The lowest BCUT2D eigenvalue weighted by atomic mass is 9.91. The summed E-state index contributed by atoms with van der Waals surface area (Å²) in [4.78, 5) is 14.6. The molecule has 0 radical (unpaired) electrons. The van der Waals surface area contributed by atoms with Gasteiger partial charge in [0.05, 0.1) is 6.10 Å². The normalized spacial score (nSPS) is 23.5. The summed E-state index contributed by atoms with van der Waals surface area (Å²) in [5.74, 6) is 0.322. The lowest BCUT2D eigenvalue weighted by Gasteiger charge is -2.36. The largest absolute Gasteiger partial charge is 0.393 e. The molecular formula is C16H23NO2. The van der Waals surface area contributed by atoms with Gasteiger partial charge in [0.1, 0.15) is 0 Å². The van der Waals surface area contributed by atoms with Crippen molar-refractivity contribution >= 4 is 5.91 Å². The number of aliphatic hydroxyl groups is 1. The van der Waals surface area contributed by atoms with E-state index in [0.717, 1.165) is 23.1 Å². The molecule has 19 heavy (non-hydrogen) atoms. The molecule has 1 aliphatic heterocycles. The fourth-order valence-electron chi connectivity index (χ4n) is 2.92. The summed E-state index contributed by atoms with van der Waals surface area (Å²) in [6.07, 6.45) is 1.35. The molecule has 0 bridgehead atoms. The van der Waals surface area contributed by atoms with Gasteiger partial charge in [-0.05, 0) is 37.8 Å². The number of rotatable bonds is 2. The van der Waals surface area contributed by atoms with E-state index in [4.69, 9.17) is 0 Å². The minimum absolute atomic E-state index is 0.112. The highest BCUT2D eigenvalue weighted by Crippen LogP contribution is 2.23. The van der Waals surface area contributed by atoms with E-state index in [2.05, 4.69) is 6.92 Å². The van der Waals surface area contributed by atoms with Crippen molar-refractivity contribution in [3.63, 3.8) is 0 Å². The van der Waals surface area contributed by atoms with Gasteiger partial charge < -0.3 is 10.0 Å². The van der Waals surface area contributed by atoms with Crippen LogP contribution in [0.5, 0.6) is 0 Å². The van der Waals surface area contributed by atoms with Gasteiger partial charge >= 0.3 is 0 Å². The zero-order valence-corrected chi connectivity index (χ0v) is 12.0. The number of benzene rings is 1. The molecule has 3 heteroatoms. The second-order valence-electron chi connectivity index (χ2n) is 5.54. The van der Waals surface area contributed by atoms with Gasteiger partial charge in [0.25, 0.3) is 5.91 Å². The Morgan fingerprint density at radius 2 is 2.00 bits per heavy atom. The maximum atomic E-state index is 12.7. The number of piperidine rings is 1. The first-order chi connectivity index (χ1) is 9.04. The molecule has 0 aliphatic carbocycles. The highest BCUT2D eigenvalue weighted by molar-refractivity contribution is 5.97. The molecule has 1 N–H and O–H groups in total. The first-order valence-electron chi connectivity index (χ1n) is 7.08. The number of hydrogen-bond donors (Lipinski definition) is 1. The summed E-state index contributed by atoms with van der Waals surface area (Å²) < 4.78 is 0. The summed E-state index contributed by atoms with van der Waals surface area (Å²) >= 11 is 0. The van der Waals surface area contributed by atoms with Crippen LogP contribution in [0.15, 0.2) is 18.2 Å². The molecule has 3 nitrogen and oxygen atoms in total. The lowest BCUT2D eigenvalue weighted by molar-refractivity contribution is 0.0228. The fraction of sp³-hybridized carbons (Fsp3) is 0.562. The van der Waals surface area contributed by atoms with Crippen LogP contribution >= 0.6 is 0 Å². The SMILES string of the molecule is CCC1CN(C(=O)c2c(C)cccc2C)CCC1O. The molecule has 1 aliphatic rings. The van der Waals surface area contributed by atoms with Crippen molar-refractivity contribution in [3.05, 3.63) is 34.9 Å². The first kappa shape index (κ1) is 14.1. The average Bonchev–Trinajstić information content (AvgIpc) is 2.39. The van der Waals surface area contributed by atoms with Gasteiger partial charge in [-0.25, -0.2) is 0 Å². The van der Waals surface area contributed by atoms with Crippen molar-refractivity contribution < 1.29 is 9.90 Å². The highest BCUT2D eigenvalue weighted by atomic mass is 16.3. The van der Waals surface area contributed by atoms with E-state index in [1.165, 1.54) is 0 Å². The molecule has 2 rings (SSSR count). The number of hydrogen-bond acceptors (Lipinski definition) is 2. The zero-order valence-electron chi connectivity index (χ0n) is 12.0. The third kappa shape index (κ3) is 2.81. The van der Waals surface area contributed by atoms with Crippen LogP contribution in [0.1, 0.15) is 41.3 Å². The minimum atomic E-state index is -0.257. The second-order valence-corrected chi connectivity index (χ2v) is 5.54. The van der Waals surface area contributed by atoms with E-state index in [9.17, 15) is 9.90 Å². The summed E-state index contributed by atoms with van der Waals surface area (Å²) in [6.45, 7) is 7.36. The van der Waals surface area contributed by atoms with Crippen molar-refractivity contribution in [2.75, 3.05) is 13.1 Å². The van der Waals surface area contributed by atoms with E-state index < -0.39 is 0 Å². The Morgan fingerprint density at radius 1 is 1.37 bits per heavy atom. The van der Waals surface area contributed by atoms with Crippen molar-refractivity contribution in [2.24, 2.45) is 5.92 Å². The average molecular weight is 261 g/mol. The van der Waals surface area contributed by atoms with Gasteiger partial charge in [0, 0.05) is 24.6 Å². The number of aliphatic hydroxyl groups excluding tert-OH is 1. The van der Waals surface area contributed by atoms with Gasteiger partial charge in [-0.3, -0.25) is 4.79 Å². The standard InChI is InChI=1S/C16H23NO2/c1-4-13-10-17(9-8-14(13)18)16(19)15-11(2)6-5-7-12(15)3/h5-7,13-14,18H,4,8-10H2,1-3H3. The number of carbonyl (C=O) groups is 1. The quantitative estimate of drug-likeness (QED) is 0.888. The molecule has 104 valence electrons. The van der Waals surface area contributed by atoms with Crippen LogP contribution in [0.25, 0.3) is 0 Å². The Morgan fingerprint density at radius 3 is 2.58 bits per heavy atom.